The Morgan fingerprint density at radius 1 is 0.620 bits per heavy atom. The molecule has 6 aromatic rings. The van der Waals surface area contributed by atoms with Crippen molar-refractivity contribution in [3.8, 4) is 5.75 Å². The summed E-state index contributed by atoms with van der Waals surface area (Å²) in [5, 5.41) is 10.0. The van der Waals surface area contributed by atoms with Crippen molar-refractivity contribution in [2.45, 2.75) is 108 Å². The van der Waals surface area contributed by atoms with E-state index < -0.39 is 65.4 Å². The molecule has 1 aromatic heterocycles. The number of rotatable bonds is 17. The highest BCUT2D eigenvalue weighted by molar-refractivity contribution is 5.99. The molecule has 0 bridgehead atoms. The number of carbonyl (C=O) groups is 7. The van der Waals surface area contributed by atoms with Crippen LogP contribution in [0.25, 0.3) is 10.9 Å². The van der Waals surface area contributed by atoms with Crippen LogP contribution in [-0.2, 0) is 64.2 Å². The molecule has 416 valence electrons. The van der Waals surface area contributed by atoms with E-state index in [0.29, 0.717) is 63.1 Å². The fraction of sp³-hybridized carbons (Fsp3) is 0.381. The van der Waals surface area contributed by atoms with E-state index in [1.165, 1.54) is 12.0 Å². The van der Waals surface area contributed by atoms with Crippen LogP contribution in [0.1, 0.15) is 92.1 Å². The summed E-state index contributed by atoms with van der Waals surface area (Å²) < 4.78 is 10.4. The number of amides is 4. The van der Waals surface area contributed by atoms with Crippen LogP contribution in [0.5, 0.6) is 5.75 Å². The van der Waals surface area contributed by atoms with Crippen molar-refractivity contribution >= 4 is 52.1 Å². The number of unbranched alkanes of at least 4 members (excludes halogenated alkanes) is 1. The summed E-state index contributed by atoms with van der Waals surface area (Å²) in [6.45, 7) is 3.51. The zero-order chi connectivity index (χ0) is 56.1. The molecule has 5 aromatic carbocycles. The molecule has 7 atom stereocenters. The van der Waals surface area contributed by atoms with Gasteiger partial charge in [0.25, 0.3) is 0 Å². The number of aromatic nitrogens is 1. The number of H-pyrrole nitrogens is 1. The standard InChI is InChI=1S/C58H64N6O7.C5H11NO2/c1-38-29-51-57(69)63-54(42-19-9-4-10-20-42)53(66)34-44(32-45-35-60-48-22-12-11-21-47(45)48)56(68)61-49(23-13-14-28-59)52(65)33-43(30-40-24-26-46(27-25-40)71-37-41-17-7-3-8-18-41)55(67)62-50(58(70)64(51)36-38)31-39-15-5-2-6-16-39;1-8-5(7)3-2-4-6/h2-12,15-22,24-27,35,38,43-44,49-51,54,60H,13-14,23,28-34,36-37,59H2,1H3,(H,61,68)(H,62,67)(H,63,69);2-4,6H2,1H3/t38-,43-,44+,49+,50+,51+,54+;/m1./s1. The third kappa shape index (κ3) is 17.0. The Labute approximate surface area is 462 Å². The summed E-state index contributed by atoms with van der Waals surface area (Å²) in [6, 6.07) is 38.9. The van der Waals surface area contributed by atoms with Crippen molar-refractivity contribution in [3.05, 3.63) is 174 Å². The second kappa shape index (κ2) is 29.7. The van der Waals surface area contributed by atoms with Crippen LogP contribution < -0.4 is 32.2 Å². The number of nitrogens with zero attached hydrogens (tertiary/aromatic N) is 1. The predicted octanol–water partition coefficient (Wildman–Crippen LogP) is 7.03. The van der Waals surface area contributed by atoms with Crippen molar-refractivity contribution in [1.29, 1.82) is 0 Å². The summed E-state index contributed by atoms with van der Waals surface area (Å²) >= 11 is 0. The van der Waals surface area contributed by atoms with Crippen LogP contribution in [0.4, 0.5) is 0 Å². The van der Waals surface area contributed by atoms with Gasteiger partial charge in [0.1, 0.15) is 30.5 Å². The number of ketones is 2. The van der Waals surface area contributed by atoms with E-state index >= 15 is 4.79 Å². The van der Waals surface area contributed by atoms with Crippen molar-refractivity contribution in [2.75, 3.05) is 26.7 Å². The van der Waals surface area contributed by atoms with E-state index in [9.17, 15) is 28.8 Å². The molecule has 0 aliphatic carbocycles. The van der Waals surface area contributed by atoms with Crippen molar-refractivity contribution in [1.82, 2.24) is 25.8 Å². The van der Waals surface area contributed by atoms with Gasteiger partial charge in [-0.25, -0.2) is 0 Å². The molecule has 4 amide bonds. The Balaban J connectivity index is 0.00000105. The normalized spacial score (nSPS) is 21.4. The van der Waals surface area contributed by atoms with Gasteiger partial charge in [0.15, 0.2) is 11.6 Å². The summed E-state index contributed by atoms with van der Waals surface area (Å²) in [4.78, 5) is 104. The second-order valence-electron chi connectivity index (χ2n) is 20.7. The van der Waals surface area contributed by atoms with Crippen LogP contribution in [0.2, 0.25) is 0 Å². The molecule has 2 aliphatic heterocycles. The Bertz CT molecular complexity index is 2950. The topological polar surface area (TPSA) is 245 Å². The number of para-hydroxylation sites is 1. The highest BCUT2D eigenvalue weighted by Gasteiger charge is 2.43. The number of Topliss-reactive ketones (excluding diaryl/α,β-unsaturated/α-hetero) is 2. The molecule has 3 heterocycles. The van der Waals surface area contributed by atoms with Crippen LogP contribution in [-0.4, -0.2) is 95.9 Å². The molecule has 2 aliphatic rings. The first-order valence-corrected chi connectivity index (χ1v) is 27.5. The third-order valence-corrected chi connectivity index (χ3v) is 14.6. The number of hydrogen-bond donors (Lipinski definition) is 6. The summed E-state index contributed by atoms with van der Waals surface area (Å²) in [5.74, 6) is -4.26. The Kier molecular flexibility index (Phi) is 22.1. The molecule has 79 heavy (non-hydrogen) atoms. The molecule has 16 heteroatoms. The number of fused-ring (bicyclic) bond motifs is 2. The van der Waals surface area contributed by atoms with E-state index in [1.54, 1.807) is 24.3 Å². The van der Waals surface area contributed by atoms with Crippen molar-refractivity contribution < 1.29 is 43.0 Å². The summed E-state index contributed by atoms with van der Waals surface area (Å²) in [7, 11) is 1.37. The molecule has 16 nitrogen and oxygen atoms in total. The predicted molar refractivity (Wildman–Crippen MR) is 303 cm³/mol. The molecule has 0 spiro atoms. The second-order valence-corrected chi connectivity index (χ2v) is 20.7. The number of aromatic amines is 1. The lowest BCUT2D eigenvalue weighted by molar-refractivity contribution is -0.143. The minimum absolute atomic E-state index is 0.0757. The third-order valence-electron chi connectivity index (χ3n) is 14.6. The first kappa shape index (κ1) is 58.7. The number of nitrogens with two attached hydrogens (primary N) is 2. The fourth-order valence-corrected chi connectivity index (χ4v) is 10.3. The minimum Gasteiger partial charge on any atom is -0.489 e. The molecular formula is C63H75N7O9. The molecule has 2 fully saturated rings. The largest absolute Gasteiger partial charge is 0.489 e. The molecular weight excluding hydrogens is 999 g/mol. The van der Waals surface area contributed by atoms with E-state index in [0.717, 1.165) is 33.2 Å². The molecule has 0 unspecified atom stereocenters. The van der Waals surface area contributed by atoms with Gasteiger partial charge < -0.3 is 46.8 Å². The number of esters is 1. The average Bonchev–Trinajstić information content (AvgIpc) is 4.15. The van der Waals surface area contributed by atoms with E-state index in [-0.39, 0.29) is 62.7 Å². The van der Waals surface area contributed by atoms with Crippen molar-refractivity contribution in [3.63, 3.8) is 0 Å². The van der Waals surface area contributed by atoms with Crippen LogP contribution in [0.15, 0.2) is 146 Å². The number of carbonyl (C=O) groups excluding carboxylic acids is 7. The highest BCUT2D eigenvalue weighted by Crippen LogP contribution is 2.30. The molecule has 8 N–H and O–H groups in total. The van der Waals surface area contributed by atoms with E-state index in [2.05, 4.69) is 25.7 Å². The maximum atomic E-state index is 15.1. The van der Waals surface area contributed by atoms with Crippen LogP contribution in [0.3, 0.4) is 0 Å². The molecule has 2 saturated heterocycles. The lowest BCUT2D eigenvalue weighted by Crippen LogP contribution is -2.56. The van der Waals surface area contributed by atoms with Crippen molar-refractivity contribution in [2.24, 2.45) is 29.2 Å². The Hall–Kier alpha value is -7.95. The zero-order valence-corrected chi connectivity index (χ0v) is 45.3. The quantitative estimate of drug-likeness (QED) is 0.0400. The average molecular weight is 1070 g/mol. The van der Waals surface area contributed by atoms with Gasteiger partial charge in [-0.15, -0.1) is 0 Å². The lowest BCUT2D eigenvalue weighted by Gasteiger charge is -2.31. The van der Waals surface area contributed by atoms with E-state index in [1.807, 2.05) is 128 Å². The lowest BCUT2D eigenvalue weighted by atomic mass is 9.87. The van der Waals surface area contributed by atoms with Crippen LogP contribution >= 0.6 is 0 Å². The number of hydrogen-bond acceptors (Lipinski definition) is 11. The smallest absolute Gasteiger partial charge is 0.305 e. The highest BCUT2D eigenvalue weighted by atomic mass is 16.5. The first-order chi connectivity index (χ1) is 38.3. The zero-order valence-electron chi connectivity index (χ0n) is 45.3. The van der Waals surface area contributed by atoms with Gasteiger partial charge in [-0.3, -0.25) is 33.6 Å². The van der Waals surface area contributed by atoms with Gasteiger partial charge in [0.2, 0.25) is 23.6 Å². The molecule has 0 saturated carbocycles. The number of nitrogens with one attached hydrogen (secondary N) is 4. The van der Waals surface area contributed by atoms with E-state index in [4.69, 9.17) is 16.2 Å². The maximum absolute atomic E-state index is 15.1. The summed E-state index contributed by atoms with van der Waals surface area (Å²) in [5.41, 5.74) is 15.8. The van der Waals surface area contributed by atoms with Gasteiger partial charge in [0, 0.05) is 61.2 Å². The van der Waals surface area contributed by atoms with Crippen LogP contribution in [0, 0.1) is 17.8 Å². The number of ether oxygens (including phenoxy) is 2. The Morgan fingerprint density at radius 3 is 1.89 bits per heavy atom. The number of methoxy groups -OCH3 is 1. The molecule has 0 radical (unpaired) electrons. The monoisotopic (exact) mass is 1070 g/mol. The van der Waals surface area contributed by atoms with Gasteiger partial charge in [-0.05, 0) is 110 Å². The number of benzene rings is 5. The summed E-state index contributed by atoms with van der Waals surface area (Å²) in [6.07, 6.45) is 4.57. The van der Waals surface area contributed by atoms with Gasteiger partial charge in [0.05, 0.1) is 13.2 Å². The van der Waals surface area contributed by atoms with Gasteiger partial charge in [-0.2, -0.15) is 0 Å². The Morgan fingerprint density at radius 2 is 1.22 bits per heavy atom. The van der Waals surface area contributed by atoms with Gasteiger partial charge >= 0.3 is 5.97 Å². The fourth-order valence-electron chi connectivity index (χ4n) is 10.3. The van der Waals surface area contributed by atoms with Gasteiger partial charge in [-0.1, -0.05) is 128 Å². The maximum Gasteiger partial charge on any atom is 0.305 e. The minimum atomic E-state index is -1.15. The SMILES string of the molecule is COC(=O)CCCN.C[C@@H]1C[C@H]2C(=O)N[C@@H](c3ccccc3)C(=O)C[C@H](Cc3c[nH]c4ccccc34)C(=O)N[C@@H](CCCCN)C(=O)C[C@@H](Cc3ccc(OCc4ccccc4)cc3)C(=O)N[C@@H](Cc3ccccc3)C(=O)N2C1. The first-order valence-electron chi connectivity index (χ1n) is 27.5. The molecule has 8 rings (SSSR count).